The first-order chi connectivity index (χ1) is 5.56. The van der Waals surface area contributed by atoms with E-state index in [1.54, 1.807) is 11.3 Å². The van der Waals surface area contributed by atoms with Crippen LogP contribution in [0.5, 0.6) is 0 Å². The van der Waals surface area contributed by atoms with Gasteiger partial charge in [-0.3, -0.25) is 0 Å². The molecule has 2 nitrogen and oxygen atoms in total. The Bertz CT molecular complexity index is 253. The van der Waals surface area contributed by atoms with Crippen LogP contribution in [0.15, 0.2) is 5.38 Å². The van der Waals surface area contributed by atoms with Crippen molar-refractivity contribution in [3.05, 3.63) is 16.1 Å². The summed E-state index contributed by atoms with van der Waals surface area (Å²) < 4.78 is 0. The molecule has 0 amide bonds. The van der Waals surface area contributed by atoms with Gasteiger partial charge in [0.05, 0.1) is 10.7 Å². The van der Waals surface area contributed by atoms with Crippen molar-refractivity contribution in [2.45, 2.75) is 26.2 Å². The summed E-state index contributed by atoms with van der Waals surface area (Å²) in [5.41, 5.74) is 1.35. The summed E-state index contributed by atoms with van der Waals surface area (Å²) in [5.74, 6) is 0. The summed E-state index contributed by atoms with van der Waals surface area (Å²) in [6.07, 6.45) is 0. The number of rotatable bonds is 3. The summed E-state index contributed by atoms with van der Waals surface area (Å²) >= 11 is 1.72. The lowest BCUT2D eigenvalue weighted by Gasteiger charge is -2.21. The number of hydrogen-bond acceptors (Lipinski definition) is 3. The quantitative estimate of drug-likeness (QED) is 0.776. The fourth-order valence-electron chi connectivity index (χ4n) is 1.21. The predicted octanol–water partition coefficient (Wildman–Crippen LogP) is 1.95. The standard InChI is InChI=1S/C9H16N2S/c1-7-11-8(5-12-7)9(2,3)6-10-4/h5,10H,6H2,1-4H3. The number of nitrogens with one attached hydrogen (secondary N) is 1. The van der Waals surface area contributed by atoms with Crippen LogP contribution in [0.1, 0.15) is 24.5 Å². The highest BCUT2D eigenvalue weighted by Gasteiger charge is 2.21. The van der Waals surface area contributed by atoms with Crippen LogP contribution in [-0.2, 0) is 5.41 Å². The molecule has 0 unspecified atom stereocenters. The molecule has 12 heavy (non-hydrogen) atoms. The van der Waals surface area contributed by atoms with Gasteiger partial charge in [0, 0.05) is 17.3 Å². The molecular formula is C9H16N2S. The van der Waals surface area contributed by atoms with Crippen molar-refractivity contribution in [3.63, 3.8) is 0 Å². The van der Waals surface area contributed by atoms with E-state index in [2.05, 4.69) is 29.5 Å². The second-order valence-electron chi connectivity index (χ2n) is 3.67. The summed E-state index contributed by atoms with van der Waals surface area (Å²) in [6, 6.07) is 0. The van der Waals surface area contributed by atoms with E-state index >= 15 is 0 Å². The Labute approximate surface area is 78.0 Å². The smallest absolute Gasteiger partial charge is 0.0897 e. The van der Waals surface area contributed by atoms with Crippen LogP contribution in [-0.4, -0.2) is 18.6 Å². The van der Waals surface area contributed by atoms with Crippen molar-refractivity contribution < 1.29 is 0 Å². The zero-order chi connectivity index (χ0) is 9.19. The van der Waals surface area contributed by atoms with Gasteiger partial charge in [-0.1, -0.05) is 13.8 Å². The average Bonchev–Trinajstić information content (AvgIpc) is 2.36. The summed E-state index contributed by atoms with van der Waals surface area (Å²) in [7, 11) is 1.97. The molecule has 1 aromatic rings. The zero-order valence-corrected chi connectivity index (χ0v) is 8.96. The Morgan fingerprint density at radius 1 is 1.58 bits per heavy atom. The van der Waals surface area contributed by atoms with Gasteiger partial charge in [0.1, 0.15) is 0 Å². The van der Waals surface area contributed by atoms with Crippen molar-refractivity contribution in [1.29, 1.82) is 0 Å². The van der Waals surface area contributed by atoms with E-state index in [-0.39, 0.29) is 5.41 Å². The lowest BCUT2D eigenvalue weighted by atomic mass is 9.90. The SMILES string of the molecule is CNCC(C)(C)c1csc(C)n1. The second-order valence-corrected chi connectivity index (χ2v) is 4.73. The van der Waals surface area contributed by atoms with Gasteiger partial charge in [-0.2, -0.15) is 0 Å². The highest BCUT2D eigenvalue weighted by molar-refractivity contribution is 7.09. The number of likely N-dealkylation sites (N-methyl/N-ethyl adjacent to an activating group) is 1. The molecule has 0 saturated carbocycles. The van der Waals surface area contributed by atoms with Gasteiger partial charge in [0.25, 0.3) is 0 Å². The molecule has 0 aliphatic carbocycles. The molecule has 0 fully saturated rings. The third-order valence-corrected chi connectivity index (χ3v) is 2.70. The molecular weight excluding hydrogens is 168 g/mol. The highest BCUT2D eigenvalue weighted by Crippen LogP contribution is 2.23. The highest BCUT2D eigenvalue weighted by atomic mass is 32.1. The van der Waals surface area contributed by atoms with Crippen LogP contribution < -0.4 is 5.32 Å². The lowest BCUT2D eigenvalue weighted by molar-refractivity contribution is 0.482. The maximum atomic E-state index is 4.48. The molecule has 68 valence electrons. The third-order valence-electron chi connectivity index (χ3n) is 1.93. The van der Waals surface area contributed by atoms with Crippen LogP contribution in [0.2, 0.25) is 0 Å². The Balaban J connectivity index is 2.81. The monoisotopic (exact) mass is 184 g/mol. The van der Waals surface area contributed by atoms with E-state index < -0.39 is 0 Å². The van der Waals surface area contributed by atoms with Crippen LogP contribution in [0.3, 0.4) is 0 Å². The van der Waals surface area contributed by atoms with Crippen molar-refractivity contribution in [2.24, 2.45) is 0 Å². The Kier molecular flexibility index (Phi) is 2.85. The number of aromatic nitrogens is 1. The fraction of sp³-hybridized carbons (Fsp3) is 0.667. The molecule has 1 rings (SSSR count). The molecule has 1 aromatic heterocycles. The van der Waals surface area contributed by atoms with Crippen molar-refractivity contribution in [2.75, 3.05) is 13.6 Å². The van der Waals surface area contributed by atoms with Gasteiger partial charge < -0.3 is 5.32 Å². The van der Waals surface area contributed by atoms with Crippen LogP contribution in [0, 0.1) is 6.92 Å². The summed E-state index contributed by atoms with van der Waals surface area (Å²) in [5, 5.41) is 6.47. The minimum Gasteiger partial charge on any atom is -0.319 e. The number of aryl methyl sites for hydroxylation is 1. The first kappa shape index (κ1) is 9.68. The average molecular weight is 184 g/mol. The first-order valence-electron chi connectivity index (χ1n) is 4.13. The lowest BCUT2D eigenvalue weighted by Crippen LogP contribution is -2.30. The Morgan fingerprint density at radius 2 is 2.25 bits per heavy atom. The van der Waals surface area contributed by atoms with Crippen LogP contribution in [0.4, 0.5) is 0 Å². The molecule has 0 radical (unpaired) electrons. The van der Waals surface area contributed by atoms with Gasteiger partial charge >= 0.3 is 0 Å². The zero-order valence-electron chi connectivity index (χ0n) is 8.14. The van der Waals surface area contributed by atoms with Crippen LogP contribution in [0.25, 0.3) is 0 Å². The van der Waals surface area contributed by atoms with Crippen LogP contribution >= 0.6 is 11.3 Å². The fourth-order valence-corrected chi connectivity index (χ4v) is 2.01. The number of nitrogens with zero attached hydrogens (tertiary/aromatic N) is 1. The van der Waals surface area contributed by atoms with Gasteiger partial charge in [-0.15, -0.1) is 11.3 Å². The van der Waals surface area contributed by atoms with E-state index in [9.17, 15) is 0 Å². The maximum absolute atomic E-state index is 4.48. The number of thiazole rings is 1. The second kappa shape index (κ2) is 3.54. The molecule has 1 N–H and O–H groups in total. The van der Waals surface area contributed by atoms with Crippen molar-refractivity contribution >= 4 is 11.3 Å². The van der Waals surface area contributed by atoms with Gasteiger partial charge in [-0.05, 0) is 14.0 Å². The molecule has 0 bridgehead atoms. The van der Waals surface area contributed by atoms with E-state index in [0.29, 0.717) is 0 Å². The molecule has 0 spiro atoms. The largest absolute Gasteiger partial charge is 0.319 e. The Hall–Kier alpha value is -0.410. The first-order valence-corrected chi connectivity index (χ1v) is 5.01. The maximum Gasteiger partial charge on any atom is 0.0897 e. The van der Waals surface area contributed by atoms with Gasteiger partial charge in [0.15, 0.2) is 0 Å². The third kappa shape index (κ3) is 2.05. The Morgan fingerprint density at radius 3 is 2.67 bits per heavy atom. The molecule has 1 heterocycles. The van der Waals surface area contributed by atoms with E-state index in [1.807, 2.05) is 14.0 Å². The topological polar surface area (TPSA) is 24.9 Å². The summed E-state index contributed by atoms with van der Waals surface area (Å²) in [4.78, 5) is 4.48. The minimum absolute atomic E-state index is 0.152. The minimum atomic E-state index is 0.152. The molecule has 0 saturated heterocycles. The van der Waals surface area contributed by atoms with E-state index in [0.717, 1.165) is 11.6 Å². The molecule has 0 aliphatic heterocycles. The van der Waals surface area contributed by atoms with Crippen molar-refractivity contribution in [1.82, 2.24) is 10.3 Å². The molecule has 3 heteroatoms. The number of hydrogen-bond donors (Lipinski definition) is 1. The predicted molar refractivity (Wildman–Crippen MR) is 53.8 cm³/mol. The van der Waals surface area contributed by atoms with Gasteiger partial charge in [-0.25, -0.2) is 4.98 Å². The summed E-state index contributed by atoms with van der Waals surface area (Å²) in [6.45, 7) is 7.43. The molecule has 0 aliphatic rings. The molecule has 0 atom stereocenters. The van der Waals surface area contributed by atoms with E-state index in [1.165, 1.54) is 5.69 Å². The van der Waals surface area contributed by atoms with E-state index in [4.69, 9.17) is 0 Å². The van der Waals surface area contributed by atoms with Gasteiger partial charge in [0.2, 0.25) is 0 Å². The van der Waals surface area contributed by atoms with Crippen molar-refractivity contribution in [3.8, 4) is 0 Å². The molecule has 0 aromatic carbocycles. The normalized spacial score (nSPS) is 12.0.